The van der Waals surface area contributed by atoms with Crippen LogP contribution in [0, 0.1) is 0 Å². The first-order chi connectivity index (χ1) is 10.2. The van der Waals surface area contributed by atoms with Crippen molar-refractivity contribution in [3.05, 3.63) is 36.0 Å². The molecule has 0 radical (unpaired) electrons. The Morgan fingerprint density at radius 2 is 2.10 bits per heavy atom. The summed E-state index contributed by atoms with van der Waals surface area (Å²) in [6.07, 6.45) is 0.902. The number of ether oxygens (including phenoxy) is 1. The second kappa shape index (κ2) is 6.92. The van der Waals surface area contributed by atoms with Gasteiger partial charge >= 0.3 is 0 Å². The number of amides is 1. The first-order valence-corrected chi connectivity index (χ1v) is 7.20. The lowest BCUT2D eigenvalue weighted by molar-refractivity contribution is 0.0948. The monoisotopic (exact) mass is 287 g/mol. The number of hydrogen-bond acceptors (Lipinski definition) is 3. The number of nitrogens with zero attached hydrogens (tertiary/aromatic N) is 2. The van der Waals surface area contributed by atoms with E-state index in [9.17, 15) is 4.79 Å². The molecule has 2 aromatic rings. The van der Waals surface area contributed by atoms with Gasteiger partial charge in [0.2, 0.25) is 0 Å². The summed E-state index contributed by atoms with van der Waals surface area (Å²) in [7, 11) is 1.64. The van der Waals surface area contributed by atoms with E-state index in [1.807, 2.05) is 48.9 Å². The summed E-state index contributed by atoms with van der Waals surface area (Å²) in [6, 6.07) is 9.55. The maximum absolute atomic E-state index is 12.1. The van der Waals surface area contributed by atoms with Gasteiger partial charge in [0.15, 0.2) is 5.69 Å². The van der Waals surface area contributed by atoms with Crippen molar-refractivity contribution in [3.8, 4) is 17.0 Å². The highest BCUT2D eigenvalue weighted by Crippen LogP contribution is 2.30. The number of rotatable bonds is 6. The van der Waals surface area contributed by atoms with E-state index in [0.29, 0.717) is 18.8 Å². The van der Waals surface area contributed by atoms with Gasteiger partial charge < -0.3 is 10.1 Å². The van der Waals surface area contributed by atoms with Crippen LogP contribution in [0.3, 0.4) is 0 Å². The Bertz CT molecular complexity index is 620. The molecule has 0 atom stereocenters. The molecule has 21 heavy (non-hydrogen) atoms. The largest absolute Gasteiger partial charge is 0.496 e. The molecule has 2 rings (SSSR count). The first kappa shape index (κ1) is 15.1. The lowest BCUT2D eigenvalue weighted by atomic mass is 10.1. The van der Waals surface area contributed by atoms with Crippen LogP contribution in [0.15, 0.2) is 30.3 Å². The molecule has 0 unspecified atom stereocenters. The molecule has 0 aliphatic carbocycles. The van der Waals surface area contributed by atoms with Crippen molar-refractivity contribution in [2.45, 2.75) is 26.8 Å². The predicted molar refractivity (Wildman–Crippen MR) is 82.5 cm³/mol. The average Bonchev–Trinajstić information content (AvgIpc) is 2.96. The van der Waals surface area contributed by atoms with Crippen molar-refractivity contribution in [1.29, 1.82) is 0 Å². The van der Waals surface area contributed by atoms with Crippen LogP contribution in [-0.4, -0.2) is 29.3 Å². The van der Waals surface area contributed by atoms with Crippen LogP contribution in [-0.2, 0) is 6.54 Å². The Balaban J connectivity index is 2.40. The minimum Gasteiger partial charge on any atom is -0.496 e. The Labute approximate surface area is 124 Å². The molecule has 0 fully saturated rings. The molecule has 1 amide bonds. The molecule has 0 spiro atoms. The summed E-state index contributed by atoms with van der Waals surface area (Å²) < 4.78 is 7.21. The lowest BCUT2D eigenvalue weighted by Gasteiger charge is -2.09. The fourth-order valence-electron chi connectivity index (χ4n) is 2.17. The van der Waals surface area contributed by atoms with Crippen LogP contribution in [0.2, 0.25) is 0 Å². The molecule has 112 valence electrons. The number of para-hydroxylation sites is 1. The molecule has 1 aromatic carbocycles. The van der Waals surface area contributed by atoms with Crippen molar-refractivity contribution >= 4 is 5.91 Å². The molecule has 5 heteroatoms. The Morgan fingerprint density at radius 1 is 1.33 bits per heavy atom. The SMILES string of the molecule is CCCNC(=O)c1cc(-c2ccccc2OC)n(CC)n1. The van der Waals surface area contributed by atoms with E-state index in [2.05, 4.69) is 10.4 Å². The highest BCUT2D eigenvalue weighted by molar-refractivity contribution is 5.93. The number of nitrogens with one attached hydrogen (secondary N) is 1. The van der Waals surface area contributed by atoms with Gasteiger partial charge in [-0.05, 0) is 31.5 Å². The zero-order valence-corrected chi connectivity index (χ0v) is 12.7. The quantitative estimate of drug-likeness (QED) is 0.888. The number of aromatic nitrogens is 2. The van der Waals surface area contributed by atoms with E-state index in [0.717, 1.165) is 23.4 Å². The maximum Gasteiger partial charge on any atom is 0.271 e. The number of aryl methyl sites for hydroxylation is 1. The molecular formula is C16H21N3O2. The fraction of sp³-hybridized carbons (Fsp3) is 0.375. The van der Waals surface area contributed by atoms with E-state index in [1.54, 1.807) is 7.11 Å². The van der Waals surface area contributed by atoms with E-state index in [4.69, 9.17) is 4.74 Å². The first-order valence-electron chi connectivity index (χ1n) is 7.20. The number of carbonyl (C=O) groups excluding carboxylic acids is 1. The van der Waals surface area contributed by atoms with E-state index < -0.39 is 0 Å². The van der Waals surface area contributed by atoms with Crippen LogP contribution in [0.4, 0.5) is 0 Å². The molecular weight excluding hydrogens is 266 g/mol. The van der Waals surface area contributed by atoms with Crippen molar-refractivity contribution in [3.63, 3.8) is 0 Å². The van der Waals surface area contributed by atoms with Gasteiger partial charge in [0, 0.05) is 18.7 Å². The average molecular weight is 287 g/mol. The van der Waals surface area contributed by atoms with Gasteiger partial charge in [-0.25, -0.2) is 0 Å². The molecule has 0 aliphatic rings. The number of carbonyl (C=O) groups is 1. The summed E-state index contributed by atoms with van der Waals surface area (Å²) >= 11 is 0. The number of benzene rings is 1. The molecule has 0 bridgehead atoms. The van der Waals surface area contributed by atoms with Crippen LogP contribution in [0.1, 0.15) is 30.8 Å². The van der Waals surface area contributed by atoms with Gasteiger partial charge in [-0.1, -0.05) is 19.1 Å². The van der Waals surface area contributed by atoms with Gasteiger partial charge in [0.25, 0.3) is 5.91 Å². The Hall–Kier alpha value is -2.30. The van der Waals surface area contributed by atoms with Crippen LogP contribution in [0.5, 0.6) is 5.75 Å². The van der Waals surface area contributed by atoms with Gasteiger partial charge in [0.05, 0.1) is 12.8 Å². The summed E-state index contributed by atoms with van der Waals surface area (Å²) in [6.45, 7) is 5.36. The standard InChI is InChI=1S/C16H21N3O2/c1-4-10-17-16(20)13-11-14(19(5-2)18-13)12-8-6-7-9-15(12)21-3/h6-9,11H,4-5,10H2,1-3H3,(H,17,20). The van der Waals surface area contributed by atoms with Crippen molar-refractivity contribution in [2.75, 3.05) is 13.7 Å². The highest BCUT2D eigenvalue weighted by atomic mass is 16.5. The second-order valence-electron chi connectivity index (χ2n) is 4.69. The van der Waals surface area contributed by atoms with Gasteiger partial charge in [-0.15, -0.1) is 0 Å². The molecule has 1 heterocycles. The molecule has 0 saturated carbocycles. The van der Waals surface area contributed by atoms with E-state index in [1.165, 1.54) is 0 Å². The predicted octanol–water partition coefficient (Wildman–Crippen LogP) is 2.72. The van der Waals surface area contributed by atoms with Crippen molar-refractivity contribution in [1.82, 2.24) is 15.1 Å². The van der Waals surface area contributed by atoms with E-state index in [-0.39, 0.29) is 5.91 Å². The zero-order chi connectivity index (χ0) is 15.2. The molecule has 0 aliphatic heterocycles. The van der Waals surface area contributed by atoms with Crippen LogP contribution >= 0.6 is 0 Å². The fourth-order valence-corrected chi connectivity index (χ4v) is 2.17. The minimum atomic E-state index is -0.139. The smallest absolute Gasteiger partial charge is 0.271 e. The maximum atomic E-state index is 12.1. The second-order valence-corrected chi connectivity index (χ2v) is 4.69. The molecule has 1 aromatic heterocycles. The molecule has 5 nitrogen and oxygen atoms in total. The third-order valence-corrected chi connectivity index (χ3v) is 3.23. The Morgan fingerprint density at radius 3 is 2.76 bits per heavy atom. The normalized spacial score (nSPS) is 10.4. The molecule has 1 N–H and O–H groups in total. The van der Waals surface area contributed by atoms with Gasteiger partial charge in [0.1, 0.15) is 5.75 Å². The summed E-state index contributed by atoms with van der Waals surface area (Å²) in [5, 5.41) is 7.23. The third-order valence-electron chi connectivity index (χ3n) is 3.23. The van der Waals surface area contributed by atoms with Crippen LogP contribution in [0.25, 0.3) is 11.3 Å². The number of methoxy groups -OCH3 is 1. The number of hydrogen-bond donors (Lipinski definition) is 1. The summed E-state index contributed by atoms with van der Waals surface area (Å²) in [5.74, 6) is 0.632. The van der Waals surface area contributed by atoms with Crippen LogP contribution < -0.4 is 10.1 Å². The zero-order valence-electron chi connectivity index (χ0n) is 12.7. The Kier molecular flexibility index (Phi) is 4.98. The highest BCUT2D eigenvalue weighted by Gasteiger charge is 2.16. The minimum absolute atomic E-state index is 0.139. The topological polar surface area (TPSA) is 56.1 Å². The van der Waals surface area contributed by atoms with Gasteiger partial charge in [-0.2, -0.15) is 5.10 Å². The summed E-state index contributed by atoms with van der Waals surface area (Å²) in [4.78, 5) is 12.1. The summed E-state index contributed by atoms with van der Waals surface area (Å²) in [5.41, 5.74) is 2.26. The van der Waals surface area contributed by atoms with Crippen molar-refractivity contribution < 1.29 is 9.53 Å². The van der Waals surface area contributed by atoms with E-state index >= 15 is 0 Å². The third kappa shape index (κ3) is 3.24. The van der Waals surface area contributed by atoms with Gasteiger partial charge in [-0.3, -0.25) is 9.48 Å². The van der Waals surface area contributed by atoms with Crippen molar-refractivity contribution in [2.24, 2.45) is 0 Å². The lowest BCUT2D eigenvalue weighted by Crippen LogP contribution is -2.24. The molecule has 0 saturated heterocycles.